The zero-order chi connectivity index (χ0) is 21.3. The Morgan fingerprint density at radius 2 is 1.57 bits per heavy atom. The molecule has 0 bridgehead atoms. The van der Waals surface area contributed by atoms with E-state index < -0.39 is 0 Å². The van der Waals surface area contributed by atoms with Crippen molar-refractivity contribution in [2.24, 2.45) is 0 Å². The van der Waals surface area contributed by atoms with Crippen molar-refractivity contribution in [3.8, 4) is 17.2 Å². The molecule has 0 unspecified atom stereocenters. The maximum absolute atomic E-state index is 13.1. The molecule has 1 aliphatic heterocycles. The fourth-order valence-corrected chi connectivity index (χ4v) is 3.70. The molecule has 152 valence electrons. The number of nitrogens with one attached hydrogen (secondary N) is 1. The molecule has 0 radical (unpaired) electrons. The van der Waals surface area contributed by atoms with E-state index in [1.165, 1.54) is 4.90 Å². The standard InChI is InChI=1S/C23H20N2O4S/c1-27-16-9-6-15(7-10-16)25-22(26)20(24-23(25)30)13-19-18-12-17(28-2)8-4-14(18)5-11-21(19)29-3/h4-13H,1-3H3,(H,24,30). The van der Waals surface area contributed by atoms with Crippen molar-refractivity contribution >= 4 is 45.8 Å². The van der Waals surface area contributed by atoms with E-state index in [0.717, 1.165) is 22.1 Å². The maximum Gasteiger partial charge on any atom is 0.281 e. The Hall–Kier alpha value is -3.58. The van der Waals surface area contributed by atoms with Gasteiger partial charge in [-0.3, -0.25) is 9.69 Å². The van der Waals surface area contributed by atoms with Gasteiger partial charge in [-0.2, -0.15) is 0 Å². The lowest BCUT2D eigenvalue weighted by molar-refractivity contribution is -0.113. The molecule has 3 aromatic carbocycles. The van der Waals surface area contributed by atoms with Crippen molar-refractivity contribution in [3.63, 3.8) is 0 Å². The van der Waals surface area contributed by atoms with Crippen molar-refractivity contribution in [3.05, 3.63) is 65.9 Å². The molecule has 1 fully saturated rings. The highest BCUT2D eigenvalue weighted by atomic mass is 32.1. The van der Waals surface area contributed by atoms with Crippen molar-refractivity contribution in [2.45, 2.75) is 0 Å². The Kier molecular flexibility index (Phi) is 5.29. The SMILES string of the molecule is COc1ccc(N2C(=O)C(=Cc3c(OC)ccc4ccc(OC)cc34)NC2=S)cc1. The van der Waals surface area contributed by atoms with Crippen LogP contribution < -0.4 is 24.4 Å². The van der Waals surface area contributed by atoms with E-state index in [1.807, 2.05) is 30.3 Å². The number of carbonyl (C=O) groups is 1. The number of hydrogen-bond donors (Lipinski definition) is 1. The Morgan fingerprint density at radius 3 is 2.23 bits per heavy atom. The number of ether oxygens (including phenoxy) is 3. The highest BCUT2D eigenvalue weighted by molar-refractivity contribution is 7.80. The zero-order valence-corrected chi connectivity index (χ0v) is 17.6. The lowest BCUT2D eigenvalue weighted by atomic mass is 10.0. The third-order valence-corrected chi connectivity index (χ3v) is 5.23. The van der Waals surface area contributed by atoms with Crippen LogP contribution in [0.5, 0.6) is 17.2 Å². The first-order valence-electron chi connectivity index (χ1n) is 9.21. The topological polar surface area (TPSA) is 60.0 Å². The van der Waals surface area contributed by atoms with Crippen LogP contribution >= 0.6 is 12.2 Å². The van der Waals surface area contributed by atoms with E-state index in [0.29, 0.717) is 28.0 Å². The van der Waals surface area contributed by atoms with Gasteiger partial charge in [-0.1, -0.05) is 12.1 Å². The fourth-order valence-electron chi connectivity index (χ4n) is 3.40. The third kappa shape index (κ3) is 3.44. The number of amides is 1. The molecule has 7 heteroatoms. The number of fused-ring (bicyclic) bond motifs is 1. The van der Waals surface area contributed by atoms with E-state index in [9.17, 15) is 4.79 Å². The van der Waals surface area contributed by atoms with Gasteiger partial charge in [0.25, 0.3) is 5.91 Å². The average Bonchev–Trinajstić information content (AvgIpc) is 3.06. The first-order chi connectivity index (χ1) is 14.5. The molecule has 0 saturated carbocycles. The summed E-state index contributed by atoms with van der Waals surface area (Å²) in [4.78, 5) is 14.6. The second-order valence-electron chi connectivity index (χ2n) is 6.60. The number of hydrogen-bond acceptors (Lipinski definition) is 5. The number of nitrogens with zero attached hydrogens (tertiary/aromatic N) is 1. The maximum atomic E-state index is 13.1. The van der Waals surface area contributed by atoms with Gasteiger partial charge >= 0.3 is 0 Å². The molecular formula is C23H20N2O4S. The highest BCUT2D eigenvalue weighted by Gasteiger charge is 2.32. The van der Waals surface area contributed by atoms with Gasteiger partial charge in [-0.05, 0) is 71.5 Å². The molecule has 1 heterocycles. The molecule has 0 atom stereocenters. The average molecular weight is 420 g/mol. The van der Waals surface area contributed by atoms with Gasteiger partial charge in [0.1, 0.15) is 22.9 Å². The van der Waals surface area contributed by atoms with Crippen LogP contribution in [0.15, 0.2) is 60.3 Å². The zero-order valence-electron chi connectivity index (χ0n) is 16.8. The van der Waals surface area contributed by atoms with E-state index in [-0.39, 0.29) is 5.91 Å². The van der Waals surface area contributed by atoms with Gasteiger partial charge < -0.3 is 19.5 Å². The first-order valence-corrected chi connectivity index (χ1v) is 9.62. The quantitative estimate of drug-likeness (QED) is 0.495. The molecule has 1 N–H and O–H groups in total. The van der Waals surface area contributed by atoms with Crippen molar-refractivity contribution in [1.82, 2.24) is 5.32 Å². The summed E-state index contributed by atoms with van der Waals surface area (Å²) in [6.07, 6.45) is 1.76. The normalized spacial score (nSPS) is 14.9. The third-order valence-electron chi connectivity index (χ3n) is 4.95. The van der Waals surface area contributed by atoms with Crippen molar-refractivity contribution < 1.29 is 19.0 Å². The number of rotatable bonds is 5. The van der Waals surface area contributed by atoms with Crippen molar-refractivity contribution in [1.29, 1.82) is 0 Å². The summed E-state index contributed by atoms with van der Waals surface area (Å²) in [5.74, 6) is 1.82. The number of benzene rings is 3. The molecule has 30 heavy (non-hydrogen) atoms. The Balaban J connectivity index is 1.78. The lowest BCUT2D eigenvalue weighted by Crippen LogP contribution is -2.30. The summed E-state index contributed by atoms with van der Waals surface area (Å²) in [6, 6.07) is 16.8. The summed E-state index contributed by atoms with van der Waals surface area (Å²) in [5.41, 5.74) is 1.79. The van der Waals surface area contributed by atoms with Gasteiger partial charge in [0.05, 0.1) is 27.0 Å². The van der Waals surface area contributed by atoms with Gasteiger partial charge in [-0.15, -0.1) is 0 Å². The molecule has 1 aliphatic rings. The van der Waals surface area contributed by atoms with Crippen molar-refractivity contribution in [2.75, 3.05) is 26.2 Å². The van der Waals surface area contributed by atoms with Gasteiger partial charge in [-0.25, -0.2) is 0 Å². The van der Waals surface area contributed by atoms with Gasteiger partial charge in [0.15, 0.2) is 5.11 Å². The van der Waals surface area contributed by atoms with E-state index in [4.69, 9.17) is 26.4 Å². The van der Waals surface area contributed by atoms with Crippen LogP contribution in [-0.4, -0.2) is 32.3 Å². The predicted octanol–water partition coefficient (Wildman–Crippen LogP) is 4.13. The molecule has 4 rings (SSSR count). The molecule has 0 aliphatic carbocycles. The van der Waals surface area contributed by atoms with Gasteiger partial charge in [0.2, 0.25) is 0 Å². The number of anilines is 1. The molecule has 0 spiro atoms. The molecule has 1 amide bonds. The van der Waals surface area contributed by atoms with E-state index in [2.05, 4.69) is 5.32 Å². The summed E-state index contributed by atoms with van der Waals surface area (Å²) < 4.78 is 16.1. The molecule has 3 aromatic rings. The van der Waals surface area contributed by atoms with Crippen LogP contribution in [0.1, 0.15) is 5.56 Å². The minimum Gasteiger partial charge on any atom is -0.497 e. The summed E-state index contributed by atoms with van der Waals surface area (Å²) in [5, 5.41) is 5.25. The Labute approximate surface area is 179 Å². The number of methoxy groups -OCH3 is 3. The minimum atomic E-state index is -0.243. The molecule has 6 nitrogen and oxygen atoms in total. The molecule has 1 saturated heterocycles. The van der Waals surface area contributed by atoms with Crippen LogP contribution in [-0.2, 0) is 4.79 Å². The summed E-state index contributed by atoms with van der Waals surface area (Å²) in [7, 11) is 4.81. The minimum absolute atomic E-state index is 0.243. The predicted molar refractivity (Wildman–Crippen MR) is 121 cm³/mol. The fraction of sp³-hybridized carbons (Fsp3) is 0.130. The number of thiocarbonyl (C=S) groups is 1. The first kappa shape index (κ1) is 19.7. The Morgan fingerprint density at radius 1 is 0.900 bits per heavy atom. The van der Waals surface area contributed by atoms with E-state index >= 15 is 0 Å². The molecule has 0 aromatic heterocycles. The van der Waals surface area contributed by atoms with Crippen LogP contribution in [0, 0.1) is 0 Å². The van der Waals surface area contributed by atoms with Crippen LogP contribution in [0.3, 0.4) is 0 Å². The summed E-state index contributed by atoms with van der Waals surface area (Å²) >= 11 is 5.42. The second-order valence-corrected chi connectivity index (χ2v) is 6.98. The van der Waals surface area contributed by atoms with Crippen LogP contribution in [0.2, 0.25) is 0 Å². The number of carbonyl (C=O) groups excluding carboxylic acids is 1. The summed E-state index contributed by atoms with van der Waals surface area (Å²) in [6.45, 7) is 0. The Bertz CT molecular complexity index is 1170. The monoisotopic (exact) mass is 420 g/mol. The smallest absolute Gasteiger partial charge is 0.281 e. The van der Waals surface area contributed by atoms with Gasteiger partial charge in [0, 0.05) is 5.56 Å². The highest BCUT2D eigenvalue weighted by Crippen LogP contribution is 2.33. The van der Waals surface area contributed by atoms with E-state index in [1.54, 1.807) is 51.7 Å². The van der Waals surface area contributed by atoms with Crippen LogP contribution in [0.25, 0.3) is 16.8 Å². The largest absolute Gasteiger partial charge is 0.497 e. The second kappa shape index (κ2) is 8.04. The molecular weight excluding hydrogens is 400 g/mol. The lowest BCUT2D eigenvalue weighted by Gasteiger charge is -2.14. The van der Waals surface area contributed by atoms with Crippen LogP contribution in [0.4, 0.5) is 5.69 Å².